The molecule has 1 heteroatoms. The Morgan fingerprint density at radius 1 is 0.900 bits per heavy atom. The molecule has 0 amide bonds. The van der Waals surface area contributed by atoms with Crippen molar-refractivity contribution < 1.29 is 0 Å². The summed E-state index contributed by atoms with van der Waals surface area (Å²) in [4.78, 5) is 2.51. The van der Waals surface area contributed by atoms with Gasteiger partial charge in [-0.1, -0.05) is 48.5 Å². The Bertz CT molecular complexity index is 717. The molecule has 0 spiro atoms. The van der Waals surface area contributed by atoms with Crippen LogP contribution in [-0.4, -0.2) is 18.0 Å². The molecule has 0 unspecified atom stereocenters. The molecule has 0 atom stereocenters. The zero-order valence-electron chi connectivity index (χ0n) is 11.8. The van der Waals surface area contributed by atoms with Crippen molar-refractivity contribution in [3.05, 3.63) is 60.2 Å². The van der Waals surface area contributed by atoms with Crippen molar-refractivity contribution in [1.82, 2.24) is 4.90 Å². The van der Waals surface area contributed by atoms with E-state index in [0.29, 0.717) is 0 Å². The maximum Gasteiger partial charge on any atom is 0.0245 e. The van der Waals surface area contributed by atoms with E-state index in [4.69, 9.17) is 0 Å². The van der Waals surface area contributed by atoms with Crippen LogP contribution in [0.25, 0.3) is 21.5 Å². The Kier molecular flexibility index (Phi) is 2.75. The second-order valence-corrected chi connectivity index (χ2v) is 5.94. The van der Waals surface area contributed by atoms with Crippen LogP contribution in [0.2, 0.25) is 0 Å². The Balaban J connectivity index is 1.96. The minimum absolute atomic E-state index is 0.799. The second-order valence-electron chi connectivity index (χ2n) is 5.94. The summed E-state index contributed by atoms with van der Waals surface area (Å²) in [6, 6.07) is 20.6. The molecule has 0 aromatic heterocycles. The van der Waals surface area contributed by atoms with Gasteiger partial charge in [-0.2, -0.15) is 0 Å². The fourth-order valence-electron chi connectivity index (χ4n) is 3.17. The summed E-state index contributed by atoms with van der Waals surface area (Å²) in [6.45, 7) is 1.05. The van der Waals surface area contributed by atoms with E-state index >= 15 is 0 Å². The molecule has 0 heterocycles. The number of fused-ring (bicyclic) bond motifs is 2. The van der Waals surface area contributed by atoms with Crippen molar-refractivity contribution in [2.75, 3.05) is 7.05 Å². The molecule has 0 N–H and O–H groups in total. The first-order chi connectivity index (χ1) is 9.83. The molecule has 3 aromatic carbocycles. The topological polar surface area (TPSA) is 3.24 Å². The van der Waals surface area contributed by atoms with Gasteiger partial charge >= 0.3 is 0 Å². The third-order valence-electron chi connectivity index (χ3n) is 4.46. The lowest BCUT2D eigenvalue weighted by atomic mass is 9.96. The van der Waals surface area contributed by atoms with E-state index in [1.54, 1.807) is 0 Å². The molecule has 0 aliphatic heterocycles. The van der Waals surface area contributed by atoms with Crippen molar-refractivity contribution in [1.29, 1.82) is 0 Å². The highest BCUT2D eigenvalue weighted by Gasteiger charge is 2.26. The van der Waals surface area contributed by atoms with Gasteiger partial charge in [0.15, 0.2) is 0 Å². The number of benzene rings is 3. The first kappa shape index (κ1) is 11.9. The maximum absolute atomic E-state index is 2.51. The number of nitrogens with zero attached hydrogens (tertiary/aromatic N) is 1. The van der Waals surface area contributed by atoms with Crippen LogP contribution in [0.3, 0.4) is 0 Å². The van der Waals surface area contributed by atoms with E-state index in [1.807, 2.05) is 0 Å². The van der Waals surface area contributed by atoms with Gasteiger partial charge in [-0.15, -0.1) is 0 Å². The predicted octanol–water partition coefficient (Wildman–Crippen LogP) is 4.59. The van der Waals surface area contributed by atoms with E-state index < -0.39 is 0 Å². The molecular formula is C19H19N. The Labute approximate surface area is 119 Å². The summed E-state index contributed by atoms with van der Waals surface area (Å²) in [5, 5.41) is 5.51. The van der Waals surface area contributed by atoms with Crippen LogP contribution >= 0.6 is 0 Å². The van der Waals surface area contributed by atoms with E-state index in [2.05, 4.69) is 66.5 Å². The van der Waals surface area contributed by atoms with Gasteiger partial charge in [0.1, 0.15) is 0 Å². The fourth-order valence-corrected chi connectivity index (χ4v) is 3.17. The minimum Gasteiger partial charge on any atom is -0.299 e. The number of rotatable bonds is 3. The lowest BCUT2D eigenvalue weighted by molar-refractivity contribution is 0.319. The molecule has 1 aliphatic rings. The Morgan fingerprint density at radius 2 is 1.45 bits per heavy atom. The Hall–Kier alpha value is -1.86. The molecule has 1 fully saturated rings. The summed E-state index contributed by atoms with van der Waals surface area (Å²) in [6.07, 6.45) is 2.72. The molecule has 1 saturated carbocycles. The molecule has 0 radical (unpaired) electrons. The number of hydrogen-bond donors (Lipinski definition) is 0. The third-order valence-corrected chi connectivity index (χ3v) is 4.46. The monoisotopic (exact) mass is 261 g/mol. The van der Waals surface area contributed by atoms with Crippen LogP contribution in [0.15, 0.2) is 54.6 Å². The maximum atomic E-state index is 2.51. The first-order valence-corrected chi connectivity index (χ1v) is 7.42. The van der Waals surface area contributed by atoms with Crippen LogP contribution < -0.4 is 0 Å². The lowest BCUT2D eigenvalue weighted by Crippen LogP contribution is -2.20. The van der Waals surface area contributed by atoms with Gasteiger partial charge in [0, 0.05) is 12.6 Å². The first-order valence-electron chi connectivity index (χ1n) is 7.42. The smallest absolute Gasteiger partial charge is 0.0245 e. The summed E-state index contributed by atoms with van der Waals surface area (Å²) < 4.78 is 0. The van der Waals surface area contributed by atoms with E-state index in [9.17, 15) is 0 Å². The van der Waals surface area contributed by atoms with Crippen molar-refractivity contribution in [2.45, 2.75) is 25.4 Å². The molecule has 100 valence electrons. The average Bonchev–Trinajstić information content (AvgIpc) is 3.31. The van der Waals surface area contributed by atoms with Crippen molar-refractivity contribution in [2.24, 2.45) is 0 Å². The van der Waals surface area contributed by atoms with Gasteiger partial charge < -0.3 is 0 Å². The normalized spacial score (nSPS) is 15.3. The van der Waals surface area contributed by atoms with E-state index in [0.717, 1.165) is 12.6 Å². The quantitative estimate of drug-likeness (QED) is 0.623. The molecule has 3 aromatic rings. The van der Waals surface area contributed by atoms with Gasteiger partial charge in [-0.3, -0.25) is 4.90 Å². The average molecular weight is 261 g/mol. The van der Waals surface area contributed by atoms with E-state index in [-0.39, 0.29) is 0 Å². The molecule has 4 rings (SSSR count). The fraction of sp³-hybridized carbons (Fsp3) is 0.263. The van der Waals surface area contributed by atoms with Crippen molar-refractivity contribution in [3.8, 4) is 0 Å². The van der Waals surface area contributed by atoms with Crippen LogP contribution in [0.4, 0.5) is 0 Å². The predicted molar refractivity (Wildman–Crippen MR) is 85.9 cm³/mol. The van der Waals surface area contributed by atoms with Crippen LogP contribution in [0, 0.1) is 0 Å². The largest absolute Gasteiger partial charge is 0.299 e. The highest BCUT2D eigenvalue weighted by molar-refractivity contribution is 6.02. The van der Waals surface area contributed by atoms with Crippen molar-refractivity contribution >= 4 is 21.5 Å². The second kappa shape index (κ2) is 4.60. The Morgan fingerprint density at radius 3 is 2.00 bits per heavy atom. The highest BCUT2D eigenvalue weighted by Crippen LogP contribution is 2.32. The lowest BCUT2D eigenvalue weighted by Gasteiger charge is -2.19. The standard InChI is InChI=1S/C19H19N/c1-20(16-10-11-16)13-19-17-8-4-2-6-14(17)12-15-7-3-5-9-18(15)19/h2-9,12,16H,10-11,13H2,1H3. The van der Waals surface area contributed by atoms with E-state index in [1.165, 1.54) is 39.9 Å². The summed E-state index contributed by atoms with van der Waals surface area (Å²) in [5.74, 6) is 0. The highest BCUT2D eigenvalue weighted by atomic mass is 15.1. The zero-order valence-corrected chi connectivity index (χ0v) is 11.8. The van der Waals surface area contributed by atoms with Gasteiger partial charge in [0.2, 0.25) is 0 Å². The molecule has 1 aliphatic carbocycles. The SMILES string of the molecule is CN(Cc1c2ccccc2cc2ccccc12)C1CC1. The molecule has 0 saturated heterocycles. The summed E-state index contributed by atoms with van der Waals surface area (Å²) in [7, 11) is 2.26. The minimum atomic E-state index is 0.799. The molecule has 0 bridgehead atoms. The summed E-state index contributed by atoms with van der Waals surface area (Å²) in [5.41, 5.74) is 1.48. The molecule has 1 nitrogen and oxygen atoms in total. The van der Waals surface area contributed by atoms with Crippen LogP contribution in [0.5, 0.6) is 0 Å². The van der Waals surface area contributed by atoms with Crippen LogP contribution in [0.1, 0.15) is 18.4 Å². The van der Waals surface area contributed by atoms with Gasteiger partial charge in [0.05, 0.1) is 0 Å². The van der Waals surface area contributed by atoms with Gasteiger partial charge in [0.25, 0.3) is 0 Å². The van der Waals surface area contributed by atoms with Gasteiger partial charge in [-0.25, -0.2) is 0 Å². The summed E-state index contributed by atoms with van der Waals surface area (Å²) >= 11 is 0. The number of hydrogen-bond acceptors (Lipinski definition) is 1. The third kappa shape index (κ3) is 1.99. The molecular weight excluding hydrogens is 242 g/mol. The van der Waals surface area contributed by atoms with Crippen LogP contribution in [-0.2, 0) is 6.54 Å². The zero-order chi connectivity index (χ0) is 13.5. The van der Waals surface area contributed by atoms with Gasteiger partial charge in [-0.05, 0) is 53.1 Å². The molecule has 20 heavy (non-hydrogen) atoms. The van der Waals surface area contributed by atoms with Crippen molar-refractivity contribution in [3.63, 3.8) is 0 Å².